The van der Waals surface area contributed by atoms with Crippen LogP contribution < -0.4 is 25.3 Å². The lowest BCUT2D eigenvalue weighted by atomic mass is 9.99. The Morgan fingerprint density at radius 3 is 2.59 bits per heavy atom. The smallest absolute Gasteiger partial charge is 0.247 e. The number of nitrogens with one attached hydrogen (secondary N) is 2. The molecule has 3 saturated heterocycles. The Kier molecular flexibility index (Phi) is 9.96. The number of piperidine rings is 1. The molecule has 1 aromatic heterocycles. The average Bonchev–Trinajstić information content (AvgIpc) is 3.84. The second kappa shape index (κ2) is 14.5. The number of anilines is 5. The van der Waals surface area contributed by atoms with Crippen molar-refractivity contribution < 1.29 is 14.4 Å². The van der Waals surface area contributed by atoms with E-state index in [2.05, 4.69) is 54.9 Å². The summed E-state index contributed by atoms with van der Waals surface area (Å²) in [5.41, 5.74) is 4.41. The van der Waals surface area contributed by atoms with Gasteiger partial charge in [-0.25, -0.2) is 15.0 Å². The molecule has 3 aliphatic heterocycles. The van der Waals surface area contributed by atoms with Gasteiger partial charge >= 0.3 is 0 Å². The van der Waals surface area contributed by atoms with E-state index in [0.29, 0.717) is 47.5 Å². The van der Waals surface area contributed by atoms with Crippen LogP contribution in [0.25, 0.3) is 0 Å². The molecule has 2 atom stereocenters. The molecular weight excluding hydrogens is 640 g/mol. The summed E-state index contributed by atoms with van der Waals surface area (Å²) in [6.45, 7) is 13.9. The van der Waals surface area contributed by atoms with Gasteiger partial charge in [0.2, 0.25) is 5.91 Å². The van der Waals surface area contributed by atoms with Crippen LogP contribution in [0.4, 0.5) is 28.7 Å². The third kappa shape index (κ3) is 7.21. The zero-order valence-corrected chi connectivity index (χ0v) is 29.5. The van der Waals surface area contributed by atoms with Crippen molar-refractivity contribution in [3.63, 3.8) is 0 Å². The molecule has 49 heavy (non-hydrogen) atoms. The van der Waals surface area contributed by atoms with E-state index in [1.165, 1.54) is 31.8 Å². The summed E-state index contributed by atoms with van der Waals surface area (Å²) in [4.78, 5) is 35.5. The molecule has 4 fully saturated rings. The first-order chi connectivity index (χ1) is 23.8. The first-order valence-corrected chi connectivity index (χ1v) is 17.9. The first kappa shape index (κ1) is 33.6. The normalized spacial score (nSPS) is 22.3. The maximum atomic E-state index is 12.6. The Hall–Kier alpha value is -3.90. The van der Waals surface area contributed by atoms with Gasteiger partial charge in [-0.15, -0.1) is 0 Å². The van der Waals surface area contributed by atoms with E-state index in [-0.39, 0.29) is 11.9 Å². The van der Waals surface area contributed by atoms with Gasteiger partial charge < -0.3 is 20.3 Å². The molecule has 4 heterocycles. The second-order valence-electron chi connectivity index (χ2n) is 13.6. The zero-order valence-electron chi connectivity index (χ0n) is 28.7. The van der Waals surface area contributed by atoms with Gasteiger partial charge in [-0.05, 0) is 68.9 Å². The number of aromatic nitrogens is 2. The number of carbonyl (C=O) groups excluding carboxylic acids is 1. The van der Waals surface area contributed by atoms with Gasteiger partial charge in [0, 0.05) is 74.4 Å². The molecule has 2 N–H and O–H groups in total. The van der Waals surface area contributed by atoms with Crippen LogP contribution in [0, 0.1) is 6.92 Å². The van der Waals surface area contributed by atoms with E-state index in [0.717, 1.165) is 73.3 Å². The van der Waals surface area contributed by atoms with Crippen LogP contribution in [0.1, 0.15) is 56.2 Å². The molecule has 7 rings (SSSR count). The van der Waals surface area contributed by atoms with Crippen LogP contribution in [0.3, 0.4) is 0 Å². The molecular formula is C37H47ClN8O3. The summed E-state index contributed by atoms with van der Waals surface area (Å²) in [7, 11) is 1.66. The van der Waals surface area contributed by atoms with E-state index < -0.39 is 0 Å². The van der Waals surface area contributed by atoms with Crippen LogP contribution in [-0.2, 0) is 9.63 Å². The van der Waals surface area contributed by atoms with Gasteiger partial charge in [0.15, 0.2) is 5.82 Å². The number of nitrogens with zero attached hydrogens (tertiary/aromatic N) is 6. The number of ether oxygens (including phenoxy) is 1. The highest BCUT2D eigenvalue weighted by atomic mass is 35.5. The van der Waals surface area contributed by atoms with Gasteiger partial charge in [-0.1, -0.05) is 30.3 Å². The third-order valence-electron chi connectivity index (χ3n) is 10.5. The van der Waals surface area contributed by atoms with Crippen molar-refractivity contribution in [2.75, 3.05) is 67.0 Å². The molecule has 0 unspecified atom stereocenters. The minimum Gasteiger partial charge on any atom is -0.494 e. The number of amides is 1. The van der Waals surface area contributed by atoms with Gasteiger partial charge in [0.1, 0.15) is 17.9 Å². The summed E-state index contributed by atoms with van der Waals surface area (Å²) in [5, 5.41) is 9.01. The van der Waals surface area contributed by atoms with Gasteiger partial charge in [0.05, 0.1) is 36.8 Å². The molecule has 260 valence electrons. The van der Waals surface area contributed by atoms with Gasteiger partial charge in [0.25, 0.3) is 0 Å². The molecule has 0 spiro atoms. The van der Waals surface area contributed by atoms with Crippen LogP contribution in [0.5, 0.6) is 5.75 Å². The summed E-state index contributed by atoms with van der Waals surface area (Å²) >= 11 is 6.46. The minimum atomic E-state index is -0.271. The molecule has 1 amide bonds. The number of rotatable bonds is 10. The Labute approximate surface area is 294 Å². The predicted molar refractivity (Wildman–Crippen MR) is 195 cm³/mol. The predicted octanol–water partition coefficient (Wildman–Crippen LogP) is 6.34. The highest BCUT2D eigenvalue weighted by Gasteiger charge is 2.38. The van der Waals surface area contributed by atoms with Crippen molar-refractivity contribution in [3.8, 4) is 5.75 Å². The SMILES string of the molecule is C=CC(=O)Nc1cc(Nc2cc(N3OCC[C@@H]3c3cccc(Cl)c3C)ncn2)c(OC)cc1N1CCC(N2CCN(C3CC3)[C@H](C)C2)CC1. The number of benzene rings is 2. The average molecular weight is 687 g/mol. The molecule has 12 heteroatoms. The number of carbonyl (C=O) groups is 1. The lowest BCUT2D eigenvalue weighted by Crippen LogP contribution is -2.57. The van der Waals surface area contributed by atoms with E-state index in [1.54, 1.807) is 7.11 Å². The number of hydrogen-bond acceptors (Lipinski definition) is 10. The van der Waals surface area contributed by atoms with E-state index in [1.807, 2.05) is 42.3 Å². The van der Waals surface area contributed by atoms with Crippen molar-refractivity contribution in [3.05, 3.63) is 71.5 Å². The fraction of sp³-hybridized carbons (Fsp3) is 0.486. The van der Waals surface area contributed by atoms with E-state index >= 15 is 0 Å². The van der Waals surface area contributed by atoms with E-state index in [4.69, 9.17) is 21.2 Å². The largest absolute Gasteiger partial charge is 0.494 e. The monoisotopic (exact) mass is 686 g/mol. The minimum absolute atomic E-state index is 0.0316. The number of hydrogen-bond donors (Lipinski definition) is 2. The van der Waals surface area contributed by atoms with Crippen molar-refractivity contribution in [1.29, 1.82) is 0 Å². The fourth-order valence-corrected chi connectivity index (χ4v) is 7.95. The van der Waals surface area contributed by atoms with Crippen molar-refractivity contribution in [2.45, 2.75) is 70.1 Å². The molecule has 0 radical (unpaired) electrons. The molecule has 3 aromatic rings. The summed E-state index contributed by atoms with van der Waals surface area (Å²) in [5.74, 6) is 1.56. The van der Waals surface area contributed by atoms with Crippen LogP contribution in [0.15, 0.2) is 55.4 Å². The third-order valence-corrected chi connectivity index (χ3v) is 10.9. The quantitative estimate of drug-likeness (QED) is 0.235. The Morgan fingerprint density at radius 1 is 1.04 bits per heavy atom. The van der Waals surface area contributed by atoms with Crippen molar-refractivity contribution in [1.82, 2.24) is 19.8 Å². The fourth-order valence-electron chi connectivity index (χ4n) is 7.77. The Balaban J connectivity index is 1.09. The molecule has 1 aliphatic carbocycles. The molecule has 4 aliphatic rings. The van der Waals surface area contributed by atoms with Crippen LogP contribution in [0.2, 0.25) is 5.02 Å². The summed E-state index contributed by atoms with van der Waals surface area (Å²) in [6, 6.07) is 13.7. The standard InChI is InChI=1S/C37H47ClN8O3/c1-5-37(47)42-30-19-31(41-35-21-36(40-23-39-35)46-32(13-18-49-46)28-7-6-8-29(38)25(28)3)34(48-4)20-33(30)43-14-11-26(12-15-43)44-16-17-45(24(2)22-44)27-9-10-27/h5-8,19-21,23-24,26-27,32H,1,9-18,22H2,2-4H3,(H,42,47)(H,39,40,41)/t24-,32-/m1/s1. The van der Waals surface area contributed by atoms with Crippen LogP contribution in [-0.4, -0.2) is 90.2 Å². The number of hydroxylamine groups is 1. The Morgan fingerprint density at radius 2 is 1.86 bits per heavy atom. The summed E-state index contributed by atoms with van der Waals surface area (Å²) in [6.07, 6.45) is 8.49. The maximum Gasteiger partial charge on any atom is 0.247 e. The van der Waals surface area contributed by atoms with Crippen molar-refractivity contribution >= 4 is 46.2 Å². The zero-order chi connectivity index (χ0) is 34.1. The maximum absolute atomic E-state index is 12.6. The highest BCUT2D eigenvalue weighted by Crippen LogP contribution is 2.41. The number of methoxy groups -OCH3 is 1. The highest BCUT2D eigenvalue weighted by molar-refractivity contribution is 6.31. The first-order valence-electron chi connectivity index (χ1n) is 17.5. The lowest BCUT2D eigenvalue weighted by Gasteiger charge is -2.46. The molecule has 1 saturated carbocycles. The van der Waals surface area contributed by atoms with Gasteiger partial charge in [-0.2, -0.15) is 0 Å². The molecule has 2 aromatic carbocycles. The van der Waals surface area contributed by atoms with Crippen LogP contribution >= 0.6 is 11.6 Å². The topological polar surface area (TPSA) is 98.3 Å². The van der Waals surface area contributed by atoms with Crippen molar-refractivity contribution in [2.24, 2.45) is 0 Å². The summed E-state index contributed by atoms with van der Waals surface area (Å²) < 4.78 is 5.90. The molecule has 11 nitrogen and oxygen atoms in total. The lowest BCUT2D eigenvalue weighted by molar-refractivity contribution is -0.111. The second-order valence-corrected chi connectivity index (χ2v) is 14.0. The Bertz CT molecular complexity index is 1680. The van der Waals surface area contributed by atoms with Gasteiger partial charge in [-0.3, -0.25) is 19.4 Å². The number of piperazine rings is 1. The molecule has 0 bridgehead atoms. The van der Waals surface area contributed by atoms with E-state index in [9.17, 15) is 4.79 Å². The number of halogens is 1.